The largest absolute Gasteiger partial charge is 0.380 e. The van der Waals surface area contributed by atoms with Gasteiger partial charge in [0.1, 0.15) is 0 Å². The lowest BCUT2D eigenvalue weighted by molar-refractivity contribution is 0.190. The van der Waals surface area contributed by atoms with E-state index in [1.807, 2.05) is 0 Å². The molecule has 0 aromatic heterocycles. The summed E-state index contributed by atoms with van der Waals surface area (Å²) in [5.41, 5.74) is 1.40. The Hall–Kier alpha value is -0.860. The van der Waals surface area contributed by atoms with Crippen molar-refractivity contribution in [1.82, 2.24) is 5.32 Å². The molecule has 2 rings (SSSR count). The maximum absolute atomic E-state index is 5.30. The number of hydrogen-bond acceptors (Lipinski definition) is 2. The Kier molecular flexibility index (Phi) is 3.55. The molecule has 0 unspecified atom stereocenters. The van der Waals surface area contributed by atoms with Gasteiger partial charge in [-0.3, -0.25) is 0 Å². The quantitative estimate of drug-likeness (QED) is 0.780. The first-order valence-corrected chi connectivity index (χ1v) is 5.30. The van der Waals surface area contributed by atoms with Crippen molar-refractivity contribution >= 4 is 0 Å². The predicted molar refractivity (Wildman–Crippen MR) is 57.4 cm³/mol. The Labute approximate surface area is 85.3 Å². The summed E-state index contributed by atoms with van der Waals surface area (Å²) in [7, 11) is 0. The van der Waals surface area contributed by atoms with Crippen molar-refractivity contribution in [2.45, 2.75) is 18.9 Å². The Morgan fingerprint density at radius 2 is 2.14 bits per heavy atom. The van der Waals surface area contributed by atoms with Gasteiger partial charge in [-0.15, -0.1) is 0 Å². The van der Waals surface area contributed by atoms with Gasteiger partial charge in [0.2, 0.25) is 0 Å². The molecule has 1 saturated heterocycles. The van der Waals surface area contributed by atoms with Crippen molar-refractivity contribution < 1.29 is 4.74 Å². The molecule has 1 fully saturated rings. The van der Waals surface area contributed by atoms with E-state index in [4.69, 9.17) is 4.74 Å². The van der Waals surface area contributed by atoms with Crippen LogP contribution >= 0.6 is 0 Å². The molecular formula is C12H17NO. The lowest BCUT2D eigenvalue weighted by atomic mass is 10.1. The van der Waals surface area contributed by atoms with Crippen LogP contribution in [0, 0.1) is 0 Å². The van der Waals surface area contributed by atoms with E-state index in [9.17, 15) is 0 Å². The summed E-state index contributed by atoms with van der Waals surface area (Å²) in [4.78, 5) is 0. The van der Waals surface area contributed by atoms with Gasteiger partial charge in [-0.1, -0.05) is 30.3 Å². The highest BCUT2D eigenvalue weighted by atomic mass is 16.5. The van der Waals surface area contributed by atoms with Crippen molar-refractivity contribution in [3.63, 3.8) is 0 Å². The fourth-order valence-corrected chi connectivity index (χ4v) is 1.76. The summed E-state index contributed by atoms with van der Waals surface area (Å²) in [6.45, 7) is 2.86. The molecule has 0 bridgehead atoms. The fourth-order valence-electron chi connectivity index (χ4n) is 1.76. The van der Waals surface area contributed by atoms with Crippen molar-refractivity contribution in [2.24, 2.45) is 0 Å². The Morgan fingerprint density at radius 3 is 2.86 bits per heavy atom. The molecule has 1 aromatic rings. The molecule has 1 heterocycles. The lowest BCUT2D eigenvalue weighted by Gasteiger charge is -2.09. The summed E-state index contributed by atoms with van der Waals surface area (Å²) in [5, 5.41) is 3.51. The van der Waals surface area contributed by atoms with Gasteiger partial charge in [-0.2, -0.15) is 0 Å². The van der Waals surface area contributed by atoms with Crippen LogP contribution in [0.1, 0.15) is 12.0 Å². The van der Waals surface area contributed by atoms with Gasteiger partial charge in [0, 0.05) is 12.6 Å². The molecule has 0 saturated carbocycles. The standard InChI is InChI=1S/C12H17NO/c1-2-4-11(5-3-1)6-8-13-12-7-9-14-10-12/h1-5,12-13H,6-10H2/t12-/m1/s1. The zero-order valence-corrected chi connectivity index (χ0v) is 8.41. The van der Waals surface area contributed by atoms with Crippen LogP contribution in [0.25, 0.3) is 0 Å². The summed E-state index contributed by atoms with van der Waals surface area (Å²) in [6.07, 6.45) is 2.27. The first-order valence-electron chi connectivity index (χ1n) is 5.30. The fraction of sp³-hybridized carbons (Fsp3) is 0.500. The lowest BCUT2D eigenvalue weighted by Crippen LogP contribution is -2.30. The van der Waals surface area contributed by atoms with E-state index in [0.29, 0.717) is 6.04 Å². The molecule has 76 valence electrons. The molecule has 0 aliphatic carbocycles. The highest BCUT2D eigenvalue weighted by Gasteiger charge is 2.13. The Balaban J connectivity index is 1.67. The van der Waals surface area contributed by atoms with Crippen LogP contribution < -0.4 is 5.32 Å². The molecule has 0 spiro atoms. The van der Waals surface area contributed by atoms with Gasteiger partial charge in [0.25, 0.3) is 0 Å². The van der Waals surface area contributed by atoms with Crippen molar-refractivity contribution in [2.75, 3.05) is 19.8 Å². The third-order valence-electron chi connectivity index (χ3n) is 2.62. The number of rotatable bonds is 4. The normalized spacial score (nSPS) is 21.3. The van der Waals surface area contributed by atoms with Gasteiger partial charge in [0.05, 0.1) is 6.61 Å². The van der Waals surface area contributed by atoms with Crippen molar-refractivity contribution in [3.05, 3.63) is 35.9 Å². The molecule has 14 heavy (non-hydrogen) atoms. The van der Waals surface area contributed by atoms with Gasteiger partial charge in [-0.25, -0.2) is 0 Å². The molecule has 2 heteroatoms. The number of benzene rings is 1. The monoisotopic (exact) mass is 191 g/mol. The minimum absolute atomic E-state index is 0.582. The van der Waals surface area contributed by atoms with E-state index in [-0.39, 0.29) is 0 Å². The second kappa shape index (κ2) is 5.13. The summed E-state index contributed by atoms with van der Waals surface area (Å²) < 4.78 is 5.30. The highest BCUT2D eigenvalue weighted by molar-refractivity contribution is 5.14. The molecule has 1 aliphatic rings. The average molecular weight is 191 g/mol. The van der Waals surface area contributed by atoms with Gasteiger partial charge < -0.3 is 10.1 Å². The minimum atomic E-state index is 0.582. The van der Waals surface area contributed by atoms with E-state index in [2.05, 4.69) is 35.6 Å². The predicted octanol–water partition coefficient (Wildman–Crippen LogP) is 1.61. The number of hydrogen-bond donors (Lipinski definition) is 1. The van der Waals surface area contributed by atoms with Crippen molar-refractivity contribution in [3.8, 4) is 0 Å². The smallest absolute Gasteiger partial charge is 0.0620 e. The average Bonchev–Trinajstić information content (AvgIpc) is 2.72. The van der Waals surface area contributed by atoms with Crippen LogP contribution in [0.5, 0.6) is 0 Å². The summed E-state index contributed by atoms with van der Waals surface area (Å²) >= 11 is 0. The third kappa shape index (κ3) is 2.82. The maximum Gasteiger partial charge on any atom is 0.0620 e. The van der Waals surface area contributed by atoms with Gasteiger partial charge in [-0.05, 0) is 24.9 Å². The number of ether oxygens (including phenoxy) is 1. The molecule has 2 nitrogen and oxygen atoms in total. The van der Waals surface area contributed by atoms with E-state index < -0.39 is 0 Å². The van der Waals surface area contributed by atoms with Gasteiger partial charge in [0.15, 0.2) is 0 Å². The zero-order valence-electron chi connectivity index (χ0n) is 8.41. The second-order valence-corrected chi connectivity index (χ2v) is 3.75. The van der Waals surface area contributed by atoms with E-state index in [1.165, 1.54) is 5.56 Å². The van der Waals surface area contributed by atoms with Gasteiger partial charge >= 0.3 is 0 Å². The first-order chi connectivity index (χ1) is 6.95. The molecule has 1 atom stereocenters. The van der Waals surface area contributed by atoms with Crippen LogP contribution in [0.15, 0.2) is 30.3 Å². The van der Waals surface area contributed by atoms with Crippen LogP contribution in [0.3, 0.4) is 0 Å². The minimum Gasteiger partial charge on any atom is -0.380 e. The van der Waals surface area contributed by atoms with E-state index >= 15 is 0 Å². The summed E-state index contributed by atoms with van der Waals surface area (Å²) in [5.74, 6) is 0. The first kappa shape index (κ1) is 9.69. The Bertz CT molecular complexity index is 254. The van der Waals surface area contributed by atoms with Crippen LogP contribution in [-0.2, 0) is 11.2 Å². The molecular weight excluding hydrogens is 174 g/mol. The van der Waals surface area contributed by atoms with E-state index in [1.54, 1.807) is 0 Å². The molecule has 0 radical (unpaired) electrons. The third-order valence-corrected chi connectivity index (χ3v) is 2.62. The summed E-state index contributed by atoms with van der Waals surface area (Å²) in [6, 6.07) is 11.2. The van der Waals surface area contributed by atoms with Crippen LogP contribution in [-0.4, -0.2) is 25.8 Å². The number of nitrogens with one attached hydrogen (secondary N) is 1. The van der Waals surface area contributed by atoms with Crippen molar-refractivity contribution in [1.29, 1.82) is 0 Å². The molecule has 1 aliphatic heterocycles. The highest BCUT2D eigenvalue weighted by Crippen LogP contribution is 2.04. The zero-order chi connectivity index (χ0) is 9.64. The molecule has 1 N–H and O–H groups in total. The SMILES string of the molecule is c1ccc(CCN[C@@H]2CCOC2)cc1. The van der Waals surface area contributed by atoms with E-state index in [0.717, 1.165) is 32.6 Å². The van der Waals surface area contributed by atoms with Crippen LogP contribution in [0.2, 0.25) is 0 Å². The van der Waals surface area contributed by atoms with Crippen LogP contribution in [0.4, 0.5) is 0 Å². The second-order valence-electron chi connectivity index (χ2n) is 3.75. The topological polar surface area (TPSA) is 21.3 Å². The molecule has 1 aromatic carbocycles. The Morgan fingerprint density at radius 1 is 1.29 bits per heavy atom. The molecule has 0 amide bonds. The maximum atomic E-state index is 5.30.